The van der Waals surface area contributed by atoms with Crippen LogP contribution in [0.2, 0.25) is 0 Å². The van der Waals surface area contributed by atoms with E-state index in [1.54, 1.807) is 11.9 Å². The molecule has 1 aliphatic carbocycles. The summed E-state index contributed by atoms with van der Waals surface area (Å²) < 4.78 is 0. The molecule has 0 radical (unpaired) electrons. The van der Waals surface area contributed by atoms with Crippen LogP contribution in [0.25, 0.3) is 0 Å². The van der Waals surface area contributed by atoms with E-state index in [0.29, 0.717) is 5.13 Å². The van der Waals surface area contributed by atoms with E-state index in [-0.39, 0.29) is 17.5 Å². The number of thiazole rings is 1. The molecule has 1 aromatic heterocycles. The summed E-state index contributed by atoms with van der Waals surface area (Å²) in [7, 11) is 1.79. The van der Waals surface area contributed by atoms with Crippen LogP contribution in [0.3, 0.4) is 0 Å². The third kappa shape index (κ3) is 3.86. The van der Waals surface area contributed by atoms with Crippen molar-refractivity contribution in [3.05, 3.63) is 22.3 Å². The third-order valence-corrected chi connectivity index (χ3v) is 5.17. The van der Waals surface area contributed by atoms with E-state index >= 15 is 0 Å². The summed E-state index contributed by atoms with van der Waals surface area (Å²) in [6, 6.07) is 2.25. The van der Waals surface area contributed by atoms with E-state index in [4.69, 9.17) is 0 Å². The highest BCUT2D eigenvalue weighted by atomic mass is 32.1. The maximum absolute atomic E-state index is 12.4. The fourth-order valence-electron chi connectivity index (χ4n) is 2.63. The normalized spacial score (nSPS) is 16.2. The number of aromatic nitrogens is 1. The number of anilines is 1. The molecule has 0 aromatic carbocycles. The van der Waals surface area contributed by atoms with E-state index in [1.165, 1.54) is 24.0 Å². The summed E-state index contributed by atoms with van der Waals surface area (Å²) in [5.74, 6) is -0.216. The molecule has 2 rings (SSSR count). The van der Waals surface area contributed by atoms with Gasteiger partial charge in [0.05, 0.1) is 5.69 Å². The lowest BCUT2D eigenvalue weighted by Crippen LogP contribution is -2.39. The van der Waals surface area contributed by atoms with Crippen molar-refractivity contribution in [1.29, 1.82) is 5.26 Å². The second-order valence-corrected chi connectivity index (χ2v) is 6.89. The highest BCUT2D eigenvalue weighted by Gasteiger charge is 2.24. The molecule has 0 bridgehead atoms. The van der Waals surface area contributed by atoms with Gasteiger partial charge >= 0.3 is 0 Å². The molecule has 1 fully saturated rings. The van der Waals surface area contributed by atoms with Crippen molar-refractivity contribution < 1.29 is 4.79 Å². The summed E-state index contributed by atoms with van der Waals surface area (Å²) in [5.41, 5.74) is 1.09. The fourth-order valence-corrected chi connectivity index (χ4v) is 3.42. The van der Waals surface area contributed by atoms with Gasteiger partial charge in [0.2, 0.25) is 0 Å². The van der Waals surface area contributed by atoms with Crippen molar-refractivity contribution in [2.75, 3.05) is 12.4 Å². The molecule has 22 heavy (non-hydrogen) atoms. The number of likely N-dealkylation sites (N-methyl/N-ethyl adjacent to an activating group) is 1. The highest BCUT2D eigenvalue weighted by molar-refractivity contribution is 7.15. The molecule has 0 saturated heterocycles. The van der Waals surface area contributed by atoms with Crippen LogP contribution in [-0.2, 0) is 4.79 Å². The molecule has 5 nitrogen and oxygen atoms in total. The Labute approximate surface area is 135 Å². The number of aryl methyl sites for hydroxylation is 2. The minimum Gasteiger partial charge on any atom is -0.338 e. The van der Waals surface area contributed by atoms with Crippen molar-refractivity contribution in [2.24, 2.45) is 0 Å². The van der Waals surface area contributed by atoms with Crippen molar-refractivity contribution in [3.8, 4) is 6.07 Å². The molecule has 0 atom stereocenters. The van der Waals surface area contributed by atoms with Crippen LogP contribution < -0.4 is 5.32 Å². The minimum absolute atomic E-state index is 0.124. The van der Waals surface area contributed by atoms with Gasteiger partial charge in [0.25, 0.3) is 5.91 Å². The molecule has 0 unspecified atom stereocenters. The van der Waals surface area contributed by atoms with Gasteiger partial charge in [-0.1, -0.05) is 19.3 Å². The second kappa shape index (κ2) is 7.41. The number of hydrogen-bond acceptors (Lipinski definition) is 5. The van der Waals surface area contributed by atoms with Gasteiger partial charge in [-0.05, 0) is 26.7 Å². The molecule has 0 spiro atoms. The minimum atomic E-state index is -0.216. The molecule has 1 heterocycles. The van der Waals surface area contributed by atoms with Crippen molar-refractivity contribution in [3.63, 3.8) is 0 Å². The Balaban J connectivity index is 2.04. The van der Waals surface area contributed by atoms with Crippen LogP contribution in [0.15, 0.2) is 11.8 Å². The Kier molecular flexibility index (Phi) is 5.56. The Morgan fingerprint density at radius 1 is 1.41 bits per heavy atom. The molecule has 1 aliphatic rings. The fraction of sp³-hybridized carbons (Fsp3) is 0.562. The number of carbonyl (C=O) groups excluding carboxylic acids is 1. The first-order valence-electron chi connectivity index (χ1n) is 7.61. The van der Waals surface area contributed by atoms with E-state index < -0.39 is 0 Å². The number of nitriles is 1. The summed E-state index contributed by atoms with van der Waals surface area (Å²) in [6.07, 6.45) is 7.08. The Morgan fingerprint density at radius 3 is 2.64 bits per heavy atom. The standard InChI is InChI=1S/C16H22N4OS/c1-11-12(2)22-16(19-11)18-10-13(9-17)15(21)20(3)14-7-5-4-6-8-14/h10,14H,4-8H2,1-3H3,(H,18,19)/b13-10-. The Morgan fingerprint density at radius 2 is 2.09 bits per heavy atom. The zero-order valence-electron chi connectivity index (χ0n) is 13.3. The maximum Gasteiger partial charge on any atom is 0.266 e. The number of hydrogen-bond donors (Lipinski definition) is 1. The smallest absolute Gasteiger partial charge is 0.266 e. The summed E-state index contributed by atoms with van der Waals surface area (Å²) >= 11 is 1.51. The zero-order chi connectivity index (χ0) is 16.1. The number of rotatable bonds is 4. The lowest BCUT2D eigenvalue weighted by atomic mass is 9.94. The van der Waals surface area contributed by atoms with Crippen LogP contribution in [-0.4, -0.2) is 28.9 Å². The van der Waals surface area contributed by atoms with Crippen molar-refractivity contribution >= 4 is 22.4 Å². The van der Waals surface area contributed by atoms with E-state index in [9.17, 15) is 10.1 Å². The largest absolute Gasteiger partial charge is 0.338 e. The molecular weight excluding hydrogens is 296 g/mol. The first-order chi connectivity index (χ1) is 10.5. The van der Waals surface area contributed by atoms with Crippen molar-refractivity contribution in [2.45, 2.75) is 52.0 Å². The van der Waals surface area contributed by atoms with Crippen LogP contribution >= 0.6 is 11.3 Å². The maximum atomic E-state index is 12.4. The highest BCUT2D eigenvalue weighted by Crippen LogP contribution is 2.23. The topological polar surface area (TPSA) is 69.0 Å². The zero-order valence-corrected chi connectivity index (χ0v) is 14.2. The molecule has 1 aromatic rings. The summed E-state index contributed by atoms with van der Waals surface area (Å²) in [5, 5.41) is 12.9. The number of amides is 1. The molecule has 1 N–H and O–H groups in total. The van der Waals surface area contributed by atoms with E-state index in [2.05, 4.69) is 10.3 Å². The number of carbonyl (C=O) groups is 1. The average molecular weight is 318 g/mol. The van der Waals surface area contributed by atoms with Gasteiger partial charge in [-0.2, -0.15) is 5.26 Å². The predicted molar refractivity (Wildman–Crippen MR) is 88.5 cm³/mol. The van der Waals surface area contributed by atoms with Crippen LogP contribution in [0.5, 0.6) is 0 Å². The third-order valence-electron chi connectivity index (χ3n) is 4.16. The van der Waals surface area contributed by atoms with Gasteiger partial charge in [-0.15, -0.1) is 11.3 Å². The van der Waals surface area contributed by atoms with Gasteiger partial charge in [-0.25, -0.2) is 4.98 Å². The summed E-state index contributed by atoms with van der Waals surface area (Å²) in [6.45, 7) is 3.93. The van der Waals surface area contributed by atoms with Crippen LogP contribution in [0.1, 0.15) is 42.7 Å². The summed E-state index contributed by atoms with van der Waals surface area (Å²) in [4.78, 5) is 19.6. The Hall–Kier alpha value is -1.87. The lowest BCUT2D eigenvalue weighted by molar-refractivity contribution is -0.128. The van der Waals surface area contributed by atoms with Gasteiger partial charge in [0, 0.05) is 24.2 Å². The predicted octanol–water partition coefficient (Wildman–Crippen LogP) is 3.37. The first kappa shape index (κ1) is 16.5. The molecule has 1 saturated carbocycles. The first-order valence-corrected chi connectivity index (χ1v) is 8.42. The molecule has 6 heteroatoms. The van der Waals surface area contributed by atoms with Gasteiger partial charge in [-0.3, -0.25) is 4.79 Å². The quantitative estimate of drug-likeness (QED) is 0.682. The lowest BCUT2D eigenvalue weighted by Gasteiger charge is -2.31. The molecule has 0 aliphatic heterocycles. The molecule has 118 valence electrons. The Bertz CT molecular complexity index is 589. The van der Waals surface area contributed by atoms with Gasteiger partial charge in [0.1, 0.15) is 11.6 Å². The van der Waals surface area contributed by atoms with E-state index in [1.807, 2.05) is 19.9 Å². The molecule has 1 amide bonds. The SMILES string of the molecule is Cc1nc(N/C=C(/C#N)C(=O)N(C)C2CCCCC2)sc1C. The monoisotopic (exact) mass is 318 g/mol. The molecular formula is C16H22N4OS. The van der Waals surface area contributed by atoms with Gasteiger partial charge in [0.15, 0.2) is 5.13 Å². The second-order valence-electron chi connectivity index (χ2n) is 5.68. The number of nitrogens with one attached hydrogen (secondary N) is 1. The van der Waals surface area contributed by atoms with Crippen molar-refractivity contribution in [1.82, 2.24) is 9.88 Å². The van der Waals surface area contributed by atoms with Crippen LogP contribution in [0.4, 0.5) is 5.13 Å². The average Bonchev–Trinajstić information content (AvgIpc) is 2.86. The number of nitrogens with zero attached hydrogens (tertiary/aromatic N) is 3. The van der Waals surface area contributed by atoms with Crippen LogP contribution in [0, 0.1) is 25.2 Å². The van der Waals surface area contributed by atoms with E-state index in [0.717, 1.165) is 36.3 Å². The van der Waals surface area contributed by atoms with Gasteiger partial charge < -0.3 is 10.2 Å².